The highest BCUT2D eigenvalue weighted by Crippen LogP contribution is 2.28. The van der Waals surface area contributed by atoms with Crippen molar-refractivity contribution >= 4 is 24.6 Å². The van der Waals surface area contributed by atoms with E-state index in [1.165, 1.54) is 6.08 Å². The molecule has 1 rings (SSSR count). The SMILES string of the molecule is CC(C)(C)c1cc(/C=C/C=O)cnc1NC=O. The van der Waals surface area contributed by atoms with Gasteiger partial charge in [0, 0.05) is 11.8 Å². The van der Waals surface area contributed by atoms with Gasteiger partial charge in [-0.2, -0.15) is 0 Å². The van der Waals surface area contributed by atoms with Crippen LogP contribution in [0.1, 0.15) is 31.9 Å². The number of hydrogen-bond donors (Lipinski definition) is 1. The first-order chi connectivity index (χ1) is 7.99. The zero-order valence-electron chi connectivity index (χ0n) is 10.2. The molecule has 0 spiro atoms. The minimum absolute atomic E-state index is 0.136. The number of aldehydes is 1. The number of rotatable bonds is 4. The molecule has 0 atom stereocenters. The van der Waals surface area contributed by atoms with Gasteiger partial charge in [0.25, 0.3) is 0 Å². The van der Waals surface area contributed by atoms with E-state index >= 15 is 0 Å². The minimum Gasteiger partial charge on any atom is -0.313 e. The molecule has 4 heteroatoms. The quantitative estimate of drug-likeness (QED) is 0.639. The zero-order valence-corrected chi connectivity index (χ0v) is 10.2. The molecule has 0 aliphatic rings. The standard InChI is InChI=1S/C13H16N2O2/c1-13(2,3)11-7-10(5-4-6-16)8-14-12(11)15-9-17/h4-9H,1-3H3,(H,14,15,17)/b5-4+. The van der Waals surface area contributed by atoms with E-state index in [0.717, 1.165) is 11.1 Å². The predicted molar refractivity (Wildman–Crippen MR) is 67.7 cm³/mol. The average Bonchev–Trinajstić information content (AvgIpc) is 2.26. The highest BCUT2D eigenvalue weighted by atomic mass is 16.1. The summed E-state index contributed by atoms with van der Waals surface area (Å²) in [6.07, 6.45) is 6.03. The van der Waals surface area contributed by atoms with Crippen LogP contribution in [0.3, 0.4) is 0 Å². The Kier molecular flexibility index (Phi) is 4.15. The summed E-state index contributed by atoms with van der Waals surface area (Å²) in [5.74, 6) is 0.552. The smallest absolute Gasteiger partial charge is 0.212 e. The molecule has 17 heavy (non-hydrogen) atoms. The number of nitrogens with one attached hydrogen (secondary N) is 1. The van der Waals surface area contributed by atoms with Gasteiger partial charge in [-0.05, 0) is 23.1 Å². The Balaban J connectivity index is 3.23. The lowest BCUT2D eigenvalue weighted by atomic mass is 9.86. The third-order valence-electron chi connectivity index (χ3n) is 2.28. The summed E-state index contributed by atoms with van der Waals surface area (Å²) in [7, 11) is 0. The van der Waals surface area contributed by atoms with Gasteiger partial charge in [0.1, 0.15) is 12.1 Å². The van der Waals surface area contributed by atoms with Crippen molar-refractivity contribution in [3.63, 3.8) is 0 Å². The van der Waals surface area contributed by atoms with Crippen molar-refractivity contribution in [1.29, 1.82) is 0 Å². The molecule has 1 aromatic rings. The van der Waals surface area contributed by atoms with E-state index in [1.807, 2.05) is 26.8 Å². The number of aromatic nitrogens is 1. The van der Waals surface area contributed by atoms with Crippen LogP contribution in [0.25, 0.3) is 6.08 Å². The Labute approximate surface area is 101 Å². The second-order valence-electron chi connectivity index (χ2n) is 4.67. The fourth-order valence-electron chi connectivity index (χ4n) is 1.47. The highest BCUT2D eigenvalue weighted by molar-refractivity contribution is 5.75. The Bertz CT molecular complexity index is 445. The zero-order chi connectivity index (χ0) is 12.9. The van der Waals surface area contributed by atoms with Gasteiger partial charge >= 0.3 is 0 Å². The Morgan fingerprint density at radius 2 is 2.00 bits per heavy atom. The van der Waals surface area contributed by atoms with Crippen LogP contribution in [0.4, 0.5) is 5.82 Å². The first kappa shape index (κ1) is 13.1. The first-order valence-corrected chi connectivity index (χ1v) is 5.31. The predicted octanol–water partition coefficient (Wildman–Crippen LogP) is 2.16. The number of carbonyl (C=O) groups excluding carboxylic acids is 2. The molecule has 0 saturated carbocycles. The molecule has 0 aliphatic carbocycles. The molecule has 0 radical (unpaired) electrons. The van der Waals surface area contributed by atoms with Crippen LogP contribution in [0.5, 0.6) is 0 Å². The molecule has 0 aliphatic heterocycles. The molecule has 1 aromatic heterocycles. The first-order valence-electron chi connectivity index (χ1n) is 5.31. The average molecular weight is 232 g/mol. The van der Waals surface area contributed by atoms with E-state index in [2.05, 4.69) is 10.3 Å². The highest BCUT2D eigenvalue weighted by Gasteiger charge is 2.19. The maximum Gasteiger partial charge on any atom is 0.212 e. The lowest BCUT2D eigenvalue weighted by Gasteiger charge is -2.21. The van der Waals surface area contributed by atoms with Crippen LogP contribution in [0, 0.1) is 0 Å². The third kappa shape index (κ3) is 3.52. The van der Waals surface area contributed by atoms with Gasteiger partial charge in [0.15, 0.2) is 0 Å². The summed E-state index contributed by atoms with van der Waals surface area (Å²) in [5.41, 5.74) is 1.62. The van der Waals surface area contributed by atoms with Crippen LogP contribution in [0.15, 0.2) is 18.3 Å². The number of nitrogens with zero attached hydrogens (tertiary/aromatic N) is 1. The van der Waals surface area contributed by atoms with Gasteiger partial charge in [-0.1, -0.05) is 26.8 Å². The largest absolute Gasteiger partial charge is 0.313 e. The molecule has 0 saturated heterocycles. The van der Waals surface area contributed by atoms with E-state index in [4.69, 9.17) is 0 Å². The molecule has 0 bridgehead atoms. The van der Waals surface area contributed by atoms with Gasteiger partial charge in [-0.25, -0.2) is 4.98 Å². The topological polar surface area (TPSA) is 59.1 Å². The molecule has 90 valence electrons. The maximum atomic E-state index is 10.5. The summed E-state index contributed by atoms with van der Waals surface area (Å²) in [6, 6.07) is 1.92. The van der Waals surface area contributed by atoms with Crippen molar-refractivity contribution in [3.8, 4) is 0 Å². The molecule has 1 N–H and O–H groups in total. The molecule has 0 unspecified atom stereocenters. The third-order valence-corrected chi connectivity index (χ3v) is 2.28. The van der Waals surface area contributed by atoms with E-state index in [-0.39, 0.29) is 5.41 Å². The van der Waals surface area contributed by atoms with Gasteiger partial charge in [-0.15, -0.1) is 0 Å². The fourth-order valence-corrected chi connectivity index (χ4v) is 1.47. The molecular weight excluding hydrogens is 216 g/mol. The number of hydrogen-bond acceptors (Lipinski definition) is 3. The Hall–Kier alpha value is -1.97. The van der Waals surface area contributed by atoms with Crippen molar-refractivity contribution in [2.75, 3.05) is 5.32 Å². The van der Waals surface area contributed by atoms with Crippen LogP contribution in [-0.2, 0) is 15.0 Å². The summed E-state index contributed by atoms with van der Waals surface area (Å²) in [4.78, 5) is 24.9. The monoisotopic (exact) mass is 232 g/mol. The van der Waals surface area contributed by atoms with Gasteiger partial charge < -0.3 is 5.32 Å². The van der Waals surface area contributed by atoms with Crippen LogP contribution in [-0.4, -0.2) is 17.7 Å². The molecule has 0 aromatic carbocycles. The minimum atomic E-state index is -0.136. The van der Waals surface area contributed by atoms with Crippen LogP contribution in [0.2, 0.25) is 0 Å². The van der Waals surface area contributed by atoms with Crippen molar-refractivity contribution in [1.82, 2.24) is 4.98 Å². The van der Waals surface area contributed by atoms with E-state index in [9.17, 15) is 9.59 Å². The fraction of sp³-hybridized carbons (Fsp3) is 0.308. The van der Waals surface area contributed by atoms with E-state index in [1.54, 1.807) is 12.3 Å². The van der Waals surface area contributed by atoms with Crippen LogP contribution >= 0.6 is 0 Å². The van der Waals surface area contributed by atoms with Gasteiger partial charge in [0.2, 0.25) is 6.41 Å². The Morgan fingerprint density at radius 1 is 1.29 bits per heavy atom. The Morgan fingerprint density at radius 3 is 2.53 bits per heavy atom. The molecule has 4 nitrogen and oxygen atoms in total. The normalized spacial score (nSPS) is 11.5. The number of anilines is 1. The number of carbonyl (C=O) groups is 2. The molecule has 0 fully saturated rings. The second-order valence-corrected chi connectivity index (χ2v) is 4.67. The summed E-state index contributed by atoms with van der Waals surface area (Å²) >= 11 is 0. The van der Waals surface area contributed by atoms with Crippen molar-refractivity contribution < 1.29 is 9.59 Å². The maximum absolute atomic E-state index is 10.5. The van der Waals surface area contributed by atoms with Crippen molar-refractivity contribution in [3.05, 3.63) is 29.5 Å². The van der Waals surface area contributed by atoms with Crippen molar-refractivity contribution in [2.45, 2.75) is 26.2 Å². The number of amides is 1. The van der Waals surface area contributed by atoms with Crippen molar-refractivity contribution in [2.24, 2.45) is 0 Å². The summed E-state index contributed by atoms with van der Waals surface area (Å²) in [5, 5.41) is 2.58. The molecular formula is C13H16N2O2. The second kappa shape index (κ2) is 5.39. The van der Waals surface area contributed by atoms with Crippen LogP contribution < -0.4 is 5.32 Å². The summed E-state index contributed by atoms with van der Waals surface area (Å²) in [6.45, 7) is 6.10. The molecule has 1 amide bonds. The number of pyridine rings is 1. The number of allylic oxidation sites excluding steroid dienone is 1. The van der Waals surface area contributed by atoms with E-state index < -0.39 is 0 Å². The van der Waals surface area contributed by atoms with Gasteiger partial charge in [0.05, 0.1) is 0 Å². The lowest BCUT2D eigenvalue weighted by molar-refractivity contribution is -0.105. The molecule has 1 heterocycles. The van der Waals surface area contributed by atoms with E-state index in [0.29, 0.717) is 18.5 Å². The van der Waals surface area contributed by atoms with Gasteiger partial charge in [-0.3, -0.25) is 9.59 Å². The lowest BCUT2D eigenvalue weighted by Crippen LogP contribution is -2.15. The summed E-state index contributed by atoms with van der Waals surface area (Å²) < 4.78 is 0.